The highest BCUT2D eigenvalue weighted by Gasteiger charge is 2.19. The van der Waals surface area contributed by atoms with Crippen LogP contribution in [0.15, 0.2) is 28.9 Å². The summed E-state index contributed by atoms with van der Waals surface area (Å²) in [7, 11) is 1.23. The van der Waals surface area contributed by atoms with E-state index in [-0.39, 0.29) is 16.3 Å². The molecule has 18 heavy (non-hydrogen) atoms. The lowest BCUT2D eigenvalue weighted by Gasteiger charge is -2.05. The standard InChI is InChI=1S/C12H7ClN2O3/c1-17-12(16)7-5-9(10-3-2-4-18-10)15-11(13)8(7)6-14/h2-5H,1H3. The first kappa shape index (κ1) is 12.1. The molecule has 2 heterocycles. The van der Waals surface area contributed by atoms with Crippen molar-refractivity contribution < 1.29 is 13.9 Å². The molecule has 0 saturated heterocycles. The largest absolute Gasteiger partial charge is 0.465 e. The zero-order chi connectivity index (χ0) is 13.1. The van der Waals surface area contributed by atoms with E-state index in [0.29, 0.717) is 11.5 Å². The van der Waals surface area contributed by atoms with E-state index in [2.05, 4.69) is 9.72 Å². The highest BCUT2D eigenvalue weighted by Crippen LogP contribution is 2.25. The number of carbonyl (C=O) groups is 1. The third kappa shape index (κ3) is 2.06. The lowest BCUT2D eigenvalue weighted by Crippen LogP contribution is -2.06. The summed E-state index contributed by atoms with van der Waals surface area (Å²) in [6, 6.07) is 6.59. The quantitative estimate of drug-likeness (QED) is 0.614. The van der Waals surface area contributed by atoms with Crippen LogP contribution in [0, 0.1) is 11.3 Å². The van der Waals surface area contributed by atoms with Gasteiger partial charge in [-0.15, -0.1) is 0 Å². The van der Waals surface area contributed by atoms with Gasteiger partial charge in [0.15, 0.2) is 5.76 Å². The first-order chi connectivity index (χ1) is 8.67. The fraction of sp³-hybridized carbons (Fsp3) is 0.0833. The van der Waals surface area contributed by atoms with Crippen LogP contribution in [0.5, 0.6) is 0 Å². The molecule has 0 aliphatic carbocycles. The van der Waals surface area contributed by atoms with Crippen molar-refractivity contribution >= 4 is 17.6 Å². The first-order valence-corrected chi connectivity index (χ1v) is 5.28. The van der Waals surface area contributed by atoms with Crippen LogP contribution in [0.1, 0.15) is 15.9 Å². The predicted octanol–water partition coefficient (Wildman–Crippen LogP) is 2.65. The molecule has 0 saturated carbocycles. The maximum atomic E-state index is 11.6. The number of pyridine rings is 1. The van der Waals surface area contributed by atoms with E-state index in [1.165, 1.54) is 19.4 Å². The van der Waals surface area contributed by atoms with Gasteiger partial charge in [-0.05, 0) is 18.2 Å². The van der Waals surface area contributed by atoms with Gasteiger partial charge in [0.2, 0.25) is 0 Å². The van der Waals surface area contributed by atoms with Crippen LogP contribution in [0.3, 0.4) is 0 Å². The number of methoxy groups -OCH3 is 1. The van der Waals surface area contributed by atoms with E-state index in [9.17, 15) is 4.79 Å². The number of halogens is 1. The second-order valence-electron chi connectivity index (χ2n) is 3.30. The second-order valence-corrected chi connectivity index (χ2v) is 3.66. The molecule has 0 bridgehead atoms. The minimum absolute atomic E-state index is 0.0150. The molecule has 2 aromatic rings. The first-order valence-electron chi connectivity index (χ1n) is 4.90. The molecule has 2 aromatic heterocycles. The summed E-state index contributed by atoms with van der Waals surface area (Å²) in [5.74, 6) is -0.199. The number of ether oxygens (including phenoxy) is 1. The van der Waals surface area contributed by atoms with Crippen molar-refractivity contribution in [2.45, 2.75) is 0 Å². The average molecular weight is 263 g/mol. The van der Waals surface area contributed by atoms with Crippen LogP contribution in [0.25, 0.3) is 11.5 Å². The lowest BCUT2D eigenvalue weighted by molar-refractivity contribution is 0.0600. The topological polar surface area (TPSA) is 76.1 Å². The van der Waals surface area contributed by atoms with Crippen LogP contribution in [-0.2, 0) is 4.74 Å². The van der Waals surface area contributed by atoms with Gasteiger partial charge in [-0.3, -0.25) is 0 Å². The van der Waals surface area contributed by atoms with Crippen molar-refractivity contribution in [2.75, 3.05) is 7.11 Å². The predicted molar refractivity (Wildman–Crippen MR) is 63.0 cm³/mol. The number of carbonyl (C=O) groups excluding carboxylic acids is 1. The zero-order valence-corrected chi connectivity index (χ0v) is 10.1. The molecule has 0 aliphatic rings. The van der Waals surface area contributed by atoms with Gasteiger partial charge >= 0.3 is 5.97 Å². The number of aromatic nitrogens is 1. The van der Waals surface area contributed by atoms with Crippen molar-refractivity contribution in [3.05, 3.63) is 40.7 Å². The number of furan rings is 1. The Bertz CT molecular complexity index is 630. The zero-order valence-electron chi connectivity index (χ0n) is 9.31. The summed E-state index contributed by atoms with van der Waals surface area (Å²) in [6.45, 7) is 0. The summed E-state index contributed by atoms with van der Waals surface area (Å²) in [4.78, 5) is 15.6. The van der Waals surface area contributed by atoms with E-state index in [1.54, 1.807) is 12.1 Å². The molecular formula is C12H7ClN2O3. The van der Waals surface area contributed by atoms with Crippen LogP contribution >= 0.6 is 11.6 Å². The number of esters is 1. The molecule has 0 radical (unpaired) electrons. The van der Waals surface area contributed by atoms with Gasteiger partial charge in [0.05, 0.1) is 18.9 Å². The maximum absolute atomic E-state index is 11.6. The molecule has 0 atom stereocenters. The van der Waals surface area contributed by atoms with Crippen molar-refractivity contribution in [1.82, 2.24) is 4.98 Å². The Balaban J connectivity index is 2.64. The van der Waals surface area contributed by atoms with Gasteiger partial charge in [-0.25, -0.2) is 9.78 Å². The maximum Gasteiger partial charge on any atom is 0.339 e. The fourth-order valence-electron chi connectivity index (χ4n) is 1.44. The Labute approximate surface area is 108 Å². The highest BCUT2D eigenvalue weighted by atomic mass is 35.5. The average Bonchev–Trinajstić information content (AvgIpc) is 2.90. The molecule has 90 valence electrons. The second kappa shape index (κ2) is 4.90. The van der Waals surface area contributed by atoms with Gasteiger partial charge in [-0.1, -0.05) is 11.6 Å². The summed E-state index contributed by atoms with van der Waals surface area (Å²) in [6.07, 6.45) is 1.47. The van der Waals surface area contributed by atoms with Crippen molar-refractivity contribution in [1.29, 1.82) is 5.26 Å². The Morgan fingerprint density at radius 3 is 2.94 bits per heavy atom. The Kier molecular flexibility index (Phi) is 3.31. The molecule has 0 spiro atoms. The molecule has 0 aliphatic heterocycles. The SMILES string of the molecule is COC(=O)c1cc(-c2ccco2)nc(Cl)c1C#N. The van der Waals surface area contributed by atoms with Crippen molar-refractivity contribution in [3.8, 4) is 17.5 Å². The molecule has 0 unspecified atom stereocenters. The minimum atomic E-state index is -0.649. The molecule has 0 N–H and O–H groups in total. The van der Waals surface area contributed by atoms with Gasteiger partial charge in [-0.2, -0.15) is 5.26 Å². The van der Waals surface area contributed by atoms with Gasteiger partial charge < -0.3 is 9.15 Å². The van der Waals surface area contributed by atoms with Crippen LogP contribution in [0.4, 0.5) is 0 Å². The molecule has 0 fully saturated rings. The third-order valence-electron chi connectivity index (χ3n) is 2.27. The third-order valence-corrected chi connectivity index (χ3v) is 2.54. The monoisotopic (exact) mass is 262 g/mol. The summed E-state index contributed by atoms with van der Waals surface area (Å²) >= 11 is 5.87. The highest BCUT2D eigenvalue weighted by molar-refractivity contribution is 6.31. The van der Waals surface area contributed by atoms with Gasteiger partial charge in [0.1, 0.15) is 22.5 Å². The molecule has 0 amide bonds. The van der Waals surface area contributed by atoms with E-state index < -0.39 is 5.97 Å². The van der Waals surface area contributed by atoms with Crippen LogP contribution < -0.4 is 0 Å². The number of nitrogens with zero attached hydrogens (tertiary/aromatic N) is 2. The van der Waals surface area contributed by atoms with E-state index in [0.717, 1.165) is 0 Å². The number of hydrogen-bond donors (Lipinski definition) is 0. The molecule has 2 rings (SSSR count). The summed E-state index contributed by atoms with van der Waals surface area (Å²) < 4.78 is 9.76. The van der Waals surface area contributed by atoms with Crippen molar-refractivity contribution in [2.24, 2.45) is 0 Å². The number of hydrogen-bond acceptors (Lipinski definition) is 5. The van der Waals surface area contributed by atoms with E-state index in [1.807, 2.05) is 6.07 Å². The molecule has 0 aromatic carbocycles. The van der Waals surface area contributed by atoms with Crippen LogP contribution in [-0.4, -0.2) is 18.1 Å². The smallest absolute Gasteiger partial charge is 0.339 e. The van der Waals surface area contributed by atoms with Gasteiger partial charge in [0.25, 0.3) is 0 Å². The van der Waals surface area contributed by atoms with E-state index in [4.69, 9.17) is 21.3 Å². The molecule has 6 heteroatoms. The minimum Gasteiger partial charge on any atom is -0.465 e. The molecule has 5 nitrogen and oxygen atoms in total. The normalized spacial score (nSPS) is 9.83. The number of rotatable bonds is 2. The Morgan fingerprint density at radius 1 is 1.61 bits per heavy atom. The van der Waals surface area contributed by atoms with Crippen molar-refractivity contribution in [3.63, 3.8) is 0 Å². The summed E-state index contributed by atoms with van der Waals surface area (Å²) in [5, 5.41) is 8.90. The van der Waals surface area contributed by atoms with Crippen LogP contribution in [0.2, 0.25) is 5.15 Å². The Hall–Kier alpha value is -2.32. The summed E-state index contributed by atoms with van der Waals surface area (Å²) in [5.41, 5.74) is 0.412. The Morgan fingerprint density at radius 2 is 2.39 bits per heavy atom. The fourth-order valence-corrected chi connectivity index (χ4v) is 1.68. The lowest BCUT2D eigenvalue weighted by atomic mass is 10.1. The molecular weight excluding hydrogens is 256 g/mol. The number of nitriles is 1. The van der Waals surface area contributed by atoms with Gasteiger partial charge in [0, 0.05) is 0 Å². The van der Waals surface area contributed by atoms with E-state index >= 15 is 0 Å².